The number of ether oxygens (including phenoxy) is 1. The first-order chi connectivity index (χ1) is 6.78. The first-order valence-electron chi connectivity index (χ1n) is 5.73. The minimum atomic E-state index is 0.227. The van der Waals surface area contributed by atoms with Gasteiger partial charge in [-0.25, -0.2) is 0 Å². The number of hydrogen-bond acceptors (Lipinski definition) is 3. The molecule has 0 amide bonds. The van der Waals surface area contributed by atoms with Crippen molar-refractivity contribution in [3.63, 3.8) is 0 Å². The highest BCUT2D eigenvalue weighted by Gasteiger charge is 2.07. The molecule has 0 saturated heterocycles. The summed E-state index contributed by atoms with van der Waals surface area (Å²) in [5, 5.41) is 0. The molecule has 0 heterocycles. The summed E-state index contributed by atoms with van der Waals surface area (Å²) < 4.78 is 5.25. The third-order valence-corrected chi connectivity index (χ3v) is 2.64. The summed E-state index contributed by atoms with van der Waals surface area (Å²) in [5.41, 5.74) is 5.57. The summed E-state index contributed by atoms with van der Waals surface area (Å²) in [6, 6.07) is 0. The Morgan fingerprint density at radius 1 is 1.29 bits per heavy atom. The molecule has 0 aromatic heterocycles. The van der Waals surface area contributed by atoms with E-state index < -0.39 is 0 Å². The first-order valence-corrected chi connectivity index (χ1v) is 5.73. The topological polar surface area (TPSA) is 38.5 Å². The van der Waals surface area contributed by atoms with E-state index in [0.29, 0.717) is 6.54 Å². The maximum Gasteiger partial charge on any atom is 0.0705 e. The van der Waals surface area contributed by atoms with E-state index in [4.69, 9.17) is 10.5 Å². The van der Waals surface area contributed by atoms with Crippen LogP contribution < -0.4 is 5.73 Å². The second kappa shape index (κ2) is 9.44. The third kappa shape index (κ3) is 6.35. The minimum absolute atomic E-state index is 0.227. The van der Waals surface area contributed by atoms with Crippen LogP contribution in [-0.2, 0) is 4.74 Å². The van der Waals surface area contributed by atoms with E-state index in [1.165, 1.54) is 19.4 Å². The molecule has 0 aromatic carbocycles. The molecule has 1 atom stereocenters. The van der Waals surface area contributed by atoms with Crippen molar-refractivity contribution in [2.45, 2.75) is 39.2 Å². The summed E-state index contributed by atoms with van der Waals surface area (Å²) in [5.74, 6) is 0. The molecule has 14 heavy (non-hydrogen) atoms. The van der Waals surface area contributed by atoms with Gasteiger partial charge in [0.1, 0.15) is 0 Å². The van der Waals surface area contributed by atoms with Gasteiger partial charge < -0.3 is 15.4 Å². The lowest BCUT2D eigenvalue weighted by molar-refractivity contribution is 0.0899. The van der Waals surface area contributed by atoms with Gasteiger partial charge >= 0.3 is 0 Å². The van der Waals surface area contributed by atoms with Gasteiger partial charge in [0.15, 0.2) is 0 Å². The van der Waals surface area contributed by atoms with Gasteiger partial charge in [0.05, 0.1) is 6.10 Å². The molecule has 0 radical (unpaired) electrons. The lowest BCUT2D eigenvalue weighted by atomic mass is 10.2. The van der Waals surface area contributed by atoms with Gasteiger partial charge in [-0.05, 0) is 25.9 Å². The fourth-order valence-electron chi connectivity index (χ4n) is 1.47. The number of nitrogens with two attached hydrogens (primary N) is 1. The van der Waals surface area contributed by atoms with Gasteiger partial charge in [-0.3, -0.25) is 0 Å². The van der Waals surface area contributed by atoms with Crippen LogP contribution in [0.4, 0.5) is 0 Å². The fraction of sp³-hybridized carbons (Fsp3) is 1.00. The molecule has 0 fully saturated rings. The van der Waals surface area contributed by atoms with Crippen molar-refractivity contribution < 1.29 is 4.74 Å². The molecule has 1 unspecified atom stereocenters. The molecular weight excluding hydrogens is 176 g/mol. The average Bonchev–Trinajstić information content (AvgIpc) is 2.23. The maximum atomic E-state index is 5.57. The lowest BCUT2D eigenvalue weighted by Crippen LogP contribution is -2.31. The van der Waals surface area contributed by atoms with Crippen LogP contribution in [0.5, 0.6) is 0 Å². The molecule has 0 rings (SSSR count). The predicted molar refractivity (Wildman–Crippen MR) is 61.5 cm³/mol. The van der Waals surface area contributed by atoms with Gasteiger partial charge in [-0.2, -0.15) is 0 Å². The Morgan fingerprint density at radius 2 is 2.00 bits per heavy atom. The minimum Gasteiger partial charge on any atom is -0.380 e. The van der Waals surface area contributed by atoms with Crippen LogP contribution in [0.2, 0.25) is 0 Å². The zero-order valence-corrected chi connectivity index (χ0v) is 9.96. The molecular formula is C11H26N2O. The van der Waals surface area contributed by atoms with Gasteiger partial charge in [0.2, 0.25) is 0 Å². The van der Waals surface area contributed by atoms with Crippen LogP contribution in [0, 0.1) is 0 Å². The van der Waals surface area contributed by atoms with Crippen molar-refractivity contribution in [2.24, 2.45) is 5.73 Å². The van der Waals surface area contributed by atoms with E-state index in [0.717, 1.165) is 19.5 Å². The zero-order valence-electron chi connectivity index (χ0n) is 9.96. The molecule has 0 aromatic rings. The zero-order chi connectivity index (χ0) is 10.8. The summed E-state index contributed by atoms with van der Waals surface area (Å²) in [7, 11) is 1.74. The van der Waals surface area contributed by atoms with Crippen molar-refractivity contribution in [1.29, 1.82) is 0 Å². The van der Waals surface area contributed by atoms with Crippen LogP contribution in [0.15, 0.2) is 0 Å². The predicted octanol–water partition coefficient (Wildman–Crippen LogP) is 1.47. The standard InChI is InChI=1S/C11H26N2O/c1-4-6-8-13(5-2)9-7-11(10-12)14-3/h11H,4-10,12H2,1-3H3. The smallest absolute Gasteiger partial charge is 0.0705 e. The van der Waals surface area contributed by atoms with Crippen LogP contribution >= 0.6 is 0 Å². The second-order valence-electron chi connectivity index (χ2n) is 3.67. The SMILES string of the molecule is CCCCN(CC)CCC(CN)OC. The largest absolute Gasteiger partial charge is 0.380 e. The highest BCUT2D eigenvalue weighted by atomic mass is 16.5. The fourth-order valence-corrected chi connectivity index (χ4v) is 1.47. The Kier molecular flexibility index (Phi) is 9.35. The molecule has 3 nitrogen and oxygen atoms in total. The van der Waals surface area contributed by atoms with E-state index >= 15 is 0 Å². The van der Waals surface area contributed by atoms with Gasteiger partial charge in [-0.15, -0.1) is 0 Å². The summed E-state index contributed by atoms with van der Waals surface area (Å²) in [6.45, 7) is 8.49. The molecule has 86 valence electrons. The monoisotopic (exact) mass is 202 g/mol. The number of unbranched alkanes of at least 4 members (excludes halogenated alkanes) is 1. The Balaban J connectivity index is 3.59. The third-order valence-electron chi connectivity index (χ3n) is 2.64. The number of methoxy groups -OCH3 is 1. The normalized spacial score (nSPS) is 13.5. The van der Waals surface area contributed by atoms with Gasteiger partial charge in [-0.1, -0.05) is 20.3 Å². The van der Waals surface area contributed by atoms with Crippen LogP contribution in [0.1, 0.15) is 33.1 Å². The molecule has 0 bridgehead atoms. The molecule has 0 aliphatic heterocycles. The molecule has 0 aliphatic rings. The Morgan fingerprint density at radius 3 is 2.43 bits per heavy atom. The molecule has 2 N–H and O–H groups in total. The maximum absolute atomic E-state index is 5.57. The van der Waals surface area contributed by atoms with Crippen LogP contribution in [0.25, 0.3) is 0 Å². The first kappa shape index (κ1) is 13.9. The Bertz CT molecular complexity index is 116. The van der Waals surface area contributed by atoms with Crippen molar-refractivity contribution in [1.82, 2.24) is 4.90 Å². The van der Waals surface area contributed by atoms with Crippen molar-refractivity contribution in [3.05, 3.63) is 0 Å². The molecule has 3 heteroatoms. The van der Waals surface area contributed by atoms with Crippen LogP contribution in [-0.4, -0.2) is 44.3 Å². The number of nitrogens with zero attached hydrogens (tertiary/aromatic N) is 1. The molecule has 0 saturated carbocycles. The highest BCUT2D eigenvalue weighted by Crippen LogP contribution is 2.00. The quantitative estimate of drug-likeness (QED) is 0.615. The number of rotatable bonds is 9. The Hall–Kier alpha value is -0.120. The van der Waals surface area contributed by atoms with E-state index in [1.54, 1.807) is 7.11 Å². The molecule has 0 spiro atoms. The summed E-state index contributed by atoms with van der Waals surface area (Å²) in [4.78, 5) is 2.46. The van der Waals surface area contributed by atoms with E-state index in [9.17, 15) is 0 Å². The van der Waals surface area contributed by atoms with Crippen molar-refractivity contribution in [3.8, 4) is 0 Å². The van der Waals surface area contributed by atoms with E-state index in [-0.39, 0.29) is 6.10 Å². The van der Waals surface area contributed by atoms with Gasteiger partial charge in [0.25, 0.3) is 0 Å². The lowest BCUT2D eigenvalue weighted by Gasteiger charge is -2.22. The van der Waals surface area contributed by atoms with E-state index in [1.807, 2.05) is 0 Å². The number of hydrogen-bond donors (Lipinski definition) is 1. The van der Waals surface area contributed by atoms with Crippen LogP contribution in [0.3, 0.4) is 0 Å². The Labute approximate surface area is 88.6 Å². The molecule has 0 aliphatic carbocycles. The van der Waals surface area contributed by atoms with Crippen molar-refractivity contribution >= 4 is 0 Å². The van der Waals surface area contributed by atoms with Crippen molar-refractivity contribution in [2.75, 3.05) is 33.3 Å². The average molecular weight is 202 g/mol. The summed E-state index contributed by atoms with van der Waals surface area (Å²) >= 11 is 0. The summed E-state index contributed by atoms with van der Waals surface area (Å²) in [6.07, 6.45) is 3.82. The highest BCUT2D eigenvalue weighted by molar-refractivity contribution is 4.63. The van der Waals surface area contributed by atoms with Gasteiger partial charge in [0, 0.05) is 20.2 Å². The second-order valence-corrected chi connectivity index (χ2v) is 3.67. The van der Waals surface area contributed by atoms with E-state index in [2.05, 4.69) is 18.7 Å².